The van der Waals surface area contributed by atoms with Crippen LogP contribution in [0.25, 0.3) is 5.69 Å². The summed E-state index contributed by atoms with van der Waals surface area (Å²) in [6, 6.07) is 14.3. The maximum Gasteiger partial charge on any atom is 0.387 e. The number of ether oxygens (including phenoxy) is 1. The Labute approximate surface area is 143 Å². The van der Waals surface area contributed by atoms with E-state index in [1.54, 1.807) is 23.7 Å². The van der Waals surface area contributed by atoms with E-state index in [9.17, 15) is 8.78 Å². The molecule has 6 nitrogen and oxygen atoms in total. The van der Waals surface area contributed by atoms with Crippen LogP contribution in [-0.4, -0.2) is 26.8 Å². The summed E-state index contributed by atoms with van der Waals surface area (Å²) in [7, 11) is 0. The van der Waals surface area contributed by atoms with Gasteiger partial charge in [0, 0.05) is 11.8 Å². The molecule has 0 saturated carbocycles. The van der Waals surface area contributed by atoms with Crippen LogP contribution >= 0.6 is 0 Å². The van der Waals surface area contributed by atoms with Crippen LogP contribution < -0.4 is 10.1 Å². The summed E-state index contributed by atoms with van der Waals surface area (Å²) in [6.07, 6.45) is 0. The highest BCUT2D eigenvalue weighted by atomic mass is 19.3. The Morgan fingerprint density at radius 2 is 1.88 bits per heavy atom. The van der Waals surface area contributed by atoms with Crippen molar-refractivity contribution in [2.75, 3.05) is 5.32 Å². The van der Waals surface area contributed by atoms with Crippen molar-refractivity contribution in [3.63, 3.8) is 0 Å². The van der Waals surface area contributed by atoms with Gasteiger partial charge in [0.1, 0.15) is 5.75 Å². The predicted molar refractivity (Wildman–Crippen MR) is 89.0 cm³/mol. The first-order valence-corrected chi connectivity index (χ1v) is 7.70. The highest BCUT2D eigenvalue weighted by Gasteiger charge is 2.16. The van der Waals surface area contributed by atoms with Gasteiger partial charge in [0.2, 0.25) is 0 Å². The minimum absolute atomic E-state index is 0.134. The van der Waals surface area contributed by atoms with Crippen LogP contribution in [0.2, 0.25) is 0 Å². The summed E-state index contributed by atoms with van der Waals surface area (Å²) in [5, 5.41) is 15.0. The summed E-state index contributed by atoms with van der Waals surface area (Å²) >= 11 is 0. The van der Waals surface area contributed by atoms with Crippen LogP contribution in [0.3, 0.4) is 0 Å². The van der Waals surface area contributed by atoms with Gasteiger partial charge in [0.05, 0.1) is 11.7 Å². The standard InChI is InChI=1S/C17H17F2N5O/c1-11-8-9-13(10-15(11)25-17(18)19)20-12(2)16-21-22-23-24(16)14-6-4-3-5-7-14/h3-10,12,17,20H,1-2H3. The Hall–Kier alpha value is -3.03. The molecule has 0 saturated heterocycles. The fourth-order valence-electron chi connectivity index (χ4n) is 2.44. The van der Waals surface area contributed by atoms with Crippen molar-refractivity contribution in [1.82, 2.24) is 20.2 Å². The Kier molecular flexibility index (Phi) is 4.87. The average Bonchev–Trinajstić information content (AvgIpc) is 3.08. The van der Waals surface area contributed by atoms with Crippen LogP contribution in [0.15, 0.2) is 48.5 Å². The number of benzene rings is 2. The number of aromatic nitrogens is 4. The highest BCUT2D eigenvalue weighted by molar-refractivity contribution is 5.52. The van der Waals surface area contributed by atoms with E-state index >= 15 is 0 Å². The molecule has 1 unspecified atom stereocenters. The number of aryl methyl sites for hydroxylation is 1. The van der Waals surface area contributed by atoms with Crippen LogP contribution in [0.5, 0.6) is 5.75 Å². The van der Waals surface area contributed by atoms with Gasteiger partial charge in [-0.1, -0.05) is 24.3 Å². The molecule has 1 aromatic heterocycles. The van der Waals surface area contributed by atoms with Crippen molar-refractivity contribution < 1.29 is 13.5 Å². The van der Waals surface area contributed by atoms with Crippen molar-refractivity contribution in [3.8, 4) is 11.4 Å². The second kappa shape index (κ2) is 7.25. The SMILES string of the molecule is Cc1ccc(NC(C)c2nnnn2-c2ccccc2)cc1OC(F)F. The summed E-state index contributed by atoms with van der Waals surface area (Å²) in [5.41, 5.74) is 2.10. The van der Waals surface area contributed by atoms with Gasteiger partial charge in [0.25, 0.3) is 0 Å². The molecule has 3 aromatic rings. The Morgan fingerprint density at radius 1 is 1.12 bits per heavy atom. The van der Waals surface area contributed by atoms with E-state index in [0.717, 1.165) is 5.69 Å². The molecule has 8 heteroatoms. The Bertz CT molecular complexity index is 838. The molecule has 2 aromatic carbocycles. The number of nitrogens with one attached hydrogen (secondary N) is 1. The van der Waals surface area contributed by atoms with Gasteiger partial charge in [-0.3, -0.25) is 0 Å². The van der Waals surface area contributed by atoms with Crippen LogP contribution in [0, 0.1) is 6.92 Å². The minimum Gasteiger partial charge on any atom is -0.434 e. The van der Waals surface area contributed by atoms with Crippen LogP contribution in [0.4, 0.5) is 14.5 Å². The summed E-state index contributed by atoms with van der Waals surface area (Å²) < 4.78 is 31.1. The zero-order valence-corrected chi connectivity index (χ0v) is 13.7. The third-order valence-corrected chi connectivity index (χ3v) is 3.67. The number of alkyl halides is 2. The van der Waals surface area contributed by atoms with Gasteiger partial charge in [-0.25, -0.2) is 0 Å². The smallest absolute Gasteiger partial charge is 0.387 e. The highest BCUT2D eigenvalue weighted by Crippen LogP contribution is 2.27. The molecule has 0 aliphatic heterocycles. The summed E-state index contributed by atoms with van der Waals surface area (Å²) in [6.45, 7) is 0.733. The fourth-order valence-corrected chi connectivity index (χ4v) is 2.44. The molecule has 0 radical (unpaired) electrons. The van der Waals surface area contributed by atoms with Gasteiger partial charge >= 0.3 is 6.61 Å². The number of hydrogen-bond acceptors (Lipinski definition) is 5. The van der Waals surface area contributed by atoms with E-state index in [1.165, 1.54) is 6.07 Å². The van der Waals surface area contributed by atoms with E-state index < -0.39 is 6.61 Å². The number of hydrogen-bond donors (Lipinski definition) is 1. The zero-order chi connectivity index (χ0) is 17.8. The number of nitrogens with zero attached hydrogens (tertiary/aromatic N) is 4. The van der Waals surface area contributed by atoms with Crippen molar-refractivity contribution in [2.45, 2.75) is 26.5 Å². The lowest BCUT2D eigenvalue weighted by Gasteiger charge is -2.16. The van der Waals surface area contributed by atoms with Gasteiger partial charge in [-0.15, -0.1) is 5.10 Å². The molecule has 0 bridgehead atoms. The molecular weight excluding hydrogens is 328 g/mol. The molecule has 1 heterocycles. The number of tetrazole rings is 1. The van der Waals surface area contributed by atoms with Crippen molar-refractivity contribution in [3.05, 3.63) is 59.9 Å². The van der Waals surface area contributed by atoms with Crippen LogP contribution in [0.1, 0.15) is 24.4 Å². The first-order chi connectivity index (χ1) is 12.0. The molecule has 0 aliphatic rings. The number of rotatable bonds is 6. The van der Waals surface area contributed by atoms with Gasteiger partial charge in [-0.05, 0) is 48.0 Å². The first kappa shape index (κ1) is 16.8. The van der Waals surface area contributed by atoms with E-state index in [0.29, 0.717) is 17.1 Å². The second-order valence-corrected chi connectivity index (χ2v) is 5.51. The molecule has 130 valence electrons. The number of para-hydroxylation sites is 1. The molecule has 0 amide bonds. The topological polar surface area (TPSA) is 64.9 Å². The minimum atomic E-state index is -2.86. The second-order valence-electron chi connectivity index (χ2n) is 5.51. The molecule has 25 heavy (non-hydrogen) atoms. The molecule has 1 atom stereocenters. The predicted octanol–water partition coefficient (Wildman–Crippen LogP) is 3.75. The average molecular weight is 345 g/mol. The molecular formula is C17H17F2N5O. The van der Waals surface area contributed by atoms with Crippen molar-refractivity contribution in [2.24, 2.45) is 0 Å². The zero-order valence-electron chi connectivity index (χ0n) is 13.7. The first-order valence-electron chi connectivity index (χ1n) is 7.70. The van der Waals surface area contributed by atoms with Crippen molar-refractivity contribution >= 4 is 5.69 Å². The Morgan fingerprint density at radius 3 is 2.60 bits per heavy atom. The maximum absolute atomic E-state index is 12.5. The lowest BCUT2D eigenvalue weighted by molar-refractivity contribution is -0.0502. The van der Waals surface area contributed by atoms with Crippen molar-refractivity contribution in [1.29, 1.82) is 0 Å². The third-order valence-electron chi connectivity index (χ3n) is 3.67. The number of halogens is 2. The van der Waals surface area contributed by atoms with Gasteiger partial charge in [0.15, 0.2) is 5.82 Å². The van der Waals surface area contributed by atoms with E-state index in [2.05, 4.69) is 25.6 Å². The lowest BCUT2D eigenvalue weighted by atomic mass is 10.2. The van der Waals surface area contributed by atoms with E-state index in [-0.39, 0.29) is 11.8 Å². The summed E-state index contributed by atoms with van der Waals surface area (Å²) in [4.78, 5) is 0. The molecule has 1 N–H and O–H groups in total. The Balaban J connectivity index is 1.82. The van der Waals surface area contributed by atoms with Gasteiger partial charge in [-0.2, -0.15) is 13.5 Å². The fraction of sp³-hybridized carbons (Fsp3) is 0.235. The third kappa shape index (κ3) is 3.90. The normalized spacial score (nSPS) is 12.2. The number of anilines is 1. The van der Waals surface area contributed by atoms with E-state index in [1.807, 2.05) is 37.3 Å². The van der Waals surface area contributed by atoms with Gasteiger partial charge < -0.3 is 10.1 Å². The maximum atomic E-state index is 12.5. The summed E-state index contributed by atoms with van der Waals surface area (Å²) in [5.74, 6) is 0.734. The van der Waals surface area contributed by atoms with Crippen LogP contribution in [-0.2, 0) is 0 Å². The largest absolute Gasteiger partial charge is 0.434 e. The monoisotopic (exact) mass is 345 g/mol. The molecule has 3 rings (SSSR count). The quantitative estimate of drug-likeness (QED) is 0.737. The lowest BCUT2D eigenvalue weighted by Crippen LogP contribution is -2.14. The molecule has 0 aliphatic carbocycles. The molecule has 0 spiro atoms. The van der Waals surface area contributed by atoms with E-state index in [4.69, 9.17) is 0 Å². The molecule has 0 fully saturated rings.